The molecule has 0 bridgehead atoms. The zero-order chi connectivity index (χ0) is 34.2. The van der Waals surface area contributed by atoms with Gasteiger partial charge in [0.1, 0.15) is 11.6 Å². The van der Waals surface area contributed by atoms with Crippen LogP contribution >= 0.6 is 0 Å². The Kier molecular flexibility index (Phi) is 21.0. The summed E-state index contributed by atoms with van der Waals surface area (Å²) >= 11 is 2.76. The van der Waals surface area contributed by atoms with Gasteiger partial charge >= 0.3 is 92.3 Å². The van der Waals surface area contributed by atoms with Crippen molar-refractivity contribution in [2.24, 2.45) is 5.73 Å². The molecule has 1 saturated heterocycles. The number of anilines is 1. The number of amides is 2. The van der Waals surface area contributed by atoms with Crippen molar-refractivity contribution in [3.63, 3.8) is 0 Å². The summed E-state index contributed by atoms with van der Waals surface area (Å²) in [5.41, 5.74) is 6.30. The first-order valence-electron chi connectivity index (χ1n) is 15.4. The van der Waals surface area contributed by atoms with Gasteiger partial charge in [-0.05, 0) is 80.6 Å². The molecule has 12 heteroatoms. The molecule has 0 unspecified atom stereocenters. The first-order valence-corrected chi connectivity index (χ1v) is 16.6. The van der Waals surface area contributed by atoms with Crippen molar-refractivity contribution in [3.05, 3.63) is 47.5 Å². The molecule has 46 heavy (non-hydrogen) atoms. The smallest absolute Gasteiger partial charge is 0.204 e. The van der Waals surface area contributed by atoms with E-state index < -0.39 is 5.91 Å². The van der Waals surface area contributed by atoms with E-state index >= 15 is 0 Å². The number of carbonyl (C=O) groups is 3. The number of methoxy groups -OCH3 is 1. The molecule has 0 spiro atoms. The van der Waals surface area contributed by atoms with Gasteiger partial charge in [-0.1, -0.05) is 18.2 Å². The van der Waals surface area contributed by atoms with E-state index in [1.807, 2.05) is 45.0 Å². The standard InChI is InChI=1S/C28H34N3O5Se.C5H12O.CH3NO/c29-21-25(28(33)30-9-12-34-13-14-35-15-16-36-27(32)8-17-37)19-22-4-5-24-20-26(7-6-23(24)18-22)31-10-2-1-3-11-31;1-5(2,3)6-4;2-1-3/h4-7,18-20H,1-3,8-17H2,(H,30,33);1-4H3;1H,(H2,2,3)/b25-19+;;. The van der Waals surface area contributed by atoms with Crippen LogP contribution in [0, 0.1) is 11.3 Å². The number of piperidine rings is 1. The van der Waals surface area contributed by atoms with E-state index in [4.69, 9.17) is 23.7 Å². The third-order valence-corrected chi connectivity index (χ3v) is 6.99. The molecule has 1 aliphatic rings. The van der Waals surface area contributed by atoms with Gasteiger partial charge in [-0.15, -0.1) is 0 Å². The Labute approximate surface area is 281 Å². The van der Waals surface area contributed by atoms with Crippen molar-refractivity contribution in [1.29, 1.82) is 5.26 Å². The summed E-state index contributed by atoms with van der Waals surface area (Å²) in [4.78, 5) is 34.7. The Morgan fingerprint density at radius 1 is 1.00 bits per heavy atom. The van der Waals surface area contributed by atoms with Crippen molar-refractivity contribution in [2.45, 2.75) is 57.4 Å². The maximum Gasteiger partial charge on any atom is 0.204 e. The summed E-state index contributed by atoms with van der Waals surface area (Å²) in [6, 6.07) is 14.4. The zero-order valence-electron chi connectivity index (χ0n) is 27.5. The Bertz CT molecular complexity index is 1270. The number of nitrogens with two attached hydrogens (primary N) is 1. The molecule has 0 aromatic heterocycles. The summed E-state index contributed by atoms with van der Waals surface area (Å²) in [5.74, 6) is -0.683. The second-order valence-corrected chi connectivity index (χ2v) is 12.0. The number of rotatable bonds is 14. The minimum Gasteiger partial charge on any atom is -0.372 e. The molecule has 1 fully saturated rings. The van der Waals surface area contributed by atoms with Crippen molar-refractivity contribution in [2.75, 3.05) is 64.7 Å². The molecule has 0 aliphatic carbocycles. The fourth-order valence-corrected chi connectivity index (χ4v) is 4.38. The molecule has 0 atom stereocenters. The third-order valence-electron chi connectivity index (χ3n) is 6.56. The molecule has 1 aliphatic heterocycles. The summed E-state index contributed by atoms with van der Waals surface area (Å²) in [6.45, 7) is 10.1. The topological polar surface area (TPSA) is 153 Å². The number of nitrogens with zero attached hydrogens (tertiary/aromatic N) is 2. The van der Waals surface area contributed by atoms with Crippen LogP contribution in [0.1, 0.15) is 52.0 Å². The van der Waals surface area contributed by atoms with E-state index in [2.05, 4.69) is 50.2 Å². The van der Waals surface area contributed by atoms with E-state index in [1.165, 1.54) is 24.9 Å². The molecule has 11 nitrogen and oxygen atoms in total. The molecule has 3 N–H and O–H groups in total. The van der Waals surface area contributed by atoms with Gasteiger partial charge in [-0.2, -0.15) is 5.26 Å². The second kappa shape index (κ2) is 23.8. The molecule has 2 amide bonds. The average Bonchev–Trinajstić information content (AvgIpc) is 3.05. The number of benzene rings is 2. The van der Waals surface area contributed by atoms with Crippen molar-refractivity contribution in [1.82, 2.24) is 5.32 Å². The summed E-state index contributed by atoms with van der Waals surface area (Å²) < 4.78 is 20.7. The fourth-order valence-electron chi connectivity index (χ4n) is 4.03. The third kappa shape index (κ3) is 17.9. The quantitative estimate of drug-likeness (QED) is 0.0744. The maximum atomic E-state index is 12.4. The van der Waals surface area contributed by atoms with Gasteiger partial charge in [-0.3, -0.25) is 9.59 Å². The van der Waals surface area contributed by atoms with Crippen LogP contribution in [0.4, 0.5) is 5.69 Å². The Morgan fingerprint density at radius 3 is 2.20 bits per heavy atom. The van der Waals surface area contributed by atoms with Gasteiger partial charge in [0.25, 0.3) is 5.91 Å². The van der Waals surface area contributed by atoms with Crippen molar-refractivity contribution < 1.29 is 33.3 Å². The molecule has 2 aromatic rings. The van der Waals surface area contributed by atoms with E-state index in [9.17, 15) is 14.9 Å². The molecule has 1 heterocycles. The van der Waals surface area contributed by atoms with Crippen LogP contribution in [-0.4, -0.2) is 99.7 Å². The fraction of sp³-hybridized carbons (Fsp3) is 0.529. The number of hydrogen-bond donors (Lipinski definition) is 2. The van der Waals surface area contributed by atoms with Crippen LogP contribution in [0.15, 0.2) is 42.0 Å². The van der Waals surface area contributed by atoms with Gasteiger partial charge in [0.15, 0.2) is 0 Å². The summed E-state index contributed by atoms with van der Waals surface area (Å²) in [7, 11) is 1.71. The molecule has 0 saturated carbocycles. The second-order valence-electron chi connectivity index (χ2n) is 11.1. The molecular formula is C34H49N4O7Se. The molecular weight excluding hydrogens is 655 g/mol. The normalized spacial score (nSPS) is 13.0. The molecule has 2 aromatic carbocycles. The first-order chi connectivity index (χ1) is 22.1. The zero-order valence-corrected chi connectivity index (χ0v) is 29.3. The molecule has 1 radical (unpaired) electrons. The Hall–Kier alpha value is -3.46. The number of hydrogen-bond acceptors (Lipinski definition) is 9. The SMILES string of the molecule is COC(C)(C)C.N#C/C(=C\c1ccc2cc(N3CCCCC3)ccc2c1)C(=O)NCCOCCOCCOC(=O)CC[Se].NC=O. The average molecular weight is 705 g/mol. The van der Waals surface area contributed by atoms with Gasteiger partial charge < -0.3 is 20.7 Å². The minimum atomic E-state index is -0.436. The summed E-state index contributed by atoms with van der Waals surface area (Å²) in [6.07, 6.45) is 5.99. The van der Waals surface area contributed by atoms with Crippen LogP contribution in [0.3, 0.4) is 0 Å². The van der Waals surface area contributed by atoms with Gasteiger partial charge in [0.2, 0.25) is 6.41 Å². The number of carbonyl (C=O) groups excluding carboxylic acids is 3. The van der Waals surface area contributed by atoms with E-state index in [0.717, 1.165) is 29.4 Å². The van der Waals surface area contributed by atoms with Crippen molar-refractivity contribution >= 4 is 56.8 Å². The van der Waals surface area contributed by atoms with Crippen LogP contribution in [0.2, 0.25) is 5.32 Å². The predicted octanol–water partition coefficient (Wildman–Crippen LogP) is 3.94. The van der Waals surface area contributed by atoms with Crippen LogP contribution < -0.4 is 16.0 Å². The molecule has 3 rings (SSSR count). The van der Waals surface area contributed by atoms with Crippen molar-refractivity contribution in [3.8, 4) is 6.07 Å². The summed E-state index contributed by atoms with van der Waals surface area (Å²) in [5, 5.41) is 15.1. The van der Waals surface area contributed by atoms with E-state index in [-0.39, 0.29) is 36.7 Å². The first kappa shape index (κ1) is 40.6. The number of ether oxygens (including phenoxy) is 4. The molecule has 253 valence electrons. The number of fused-ring (bicyclic) bond motifs is 1. The maximum absolute atomic E-state index is 12.4. The minimum absolute atomic E-state index is 0.0417. The van der Waals surface area contributed by atoms with Gasteiger partial charge in [-0.25, -0.2) is 0 Å². The van der Waals surface area contributed by atoms with E-state index in [0.29, 0.717) is 38.2 Å². The number of nitrogens with one attached hydrogen (secondary N) is 1. The number of nitriles is 1. The van der Waals surface area contributed by atoms with E-state index in [1.54, 1.807) is 13.2 Å². The number of primary amides is 1. The van der Waals surface area contributed by atoms with Gasteiger partial charge in [0, 0.05) is 25.9 Å². The van der Waals surface area contributed by atoms with Gasteiger partial charge in [0.05, 0.1) is 5.60 Å². The number of esters is 1. The largest absolute Gasteiger partial charge is 0.372 e. The predicted molar refractivity (Wildman–Crippen MR) is 181 cm³/mol. The monoisotopic (exact) mass is 705 g/mol. The van der Waals surface area contributed by atoms with Crippen LogP contribution in [0.25, 0.3) is 16.8 Å². The van der Waals surface area contributed by atoms with Crippen LogP contribution in [0.5, 0.6) is 0 Å². The Balaban J connectivity index is 0.00000104. The Morgan fingerprint density at radius 2 is 1.59 bits per heavy atom. The van der Waals surface area contributed by atoms with Crippen LogP contribution in [-0.2, 0) is 33.3 Å².